The Bertz CT molecular complexity index is 1340. The molecule has 0 aliphatic carbocycles. The number of urea groups is 1. The number of benzene rings is 2. The lowest BCUT2D eigenvalue weighted by Gasteiger charge is -2.22. The van der Waals surface area contributed by atoms with E-state index in [1.54, 1.807) is 18.2 Å². The molecule has 2 aromatic carbocycles. The Labute approximate surface area is 234 Å². The number of alkyl halides is 3. The molecule has 0 atom stereocenters. The second-order valence-corrected chi connectivity index (χ2v) is 8.74. The summed E-state index contributed by atoms with van der Waals surface area (Å²) in [5.41, 5.74) is -1.31. The topological polar surface area (TPSA) is 105 Å². The lowest BCUT2D eigenvalue weighted by Crippen LogP contribution is -2.28. The van der Waals surface area contributed by atoms with Gasteiger partial charge in [0, 0.05) is 37.6 Å². The summed E-state index contributed by atoms with van der Waals surface area (Å²) in [6.07, 6.45) is -3.45. The molecule has 3 aromatic rings. The van der Waals surface area contributed by atoms with Crippen LogP contribution in [0.25, 0.3) is 0 Å². The first kappa shape index (κ1) is 30.5. The van der Waals surface area contributed by atoms with Crippen LogP contribution in [0.5, 0.6) is 17.2 Å². The number of carbonyl (C=O) groups excluding carboxylic acids is 2. The Morgan fingerprint density at radius 1 is 1.02 bits per heavy atom. The number of halogens is 4. The van der Waals surface area contributed by atoms with Gasteiger partial charge in [-0.25, -0.2) is 4.79 Å². The van der Waals surface area contributed by atoms with Crippen molar-refractivity contribution >= 4 is 34.9 Å². The van der Waals surface area contributed by atoms with Crippen LogP contribution in [0.1, 0.15) is 29.9 Å². The van der Waals surface area contributed by atoms with E-state index in [1.807, 2.05) is 18.7 Å². The van der Waals surface area contributed by atoms with Crippen molar-refractivity contribution < 1.29 is 32.2 Å². The predicted molar refractivity (Wildman–Crippen MR) is 147 cm³/mol. The molecule has 3 amide bonds. The van der Waals surface area contributed by atoms with Crippen LogP contribution in [0.2, 0.25) is 5.02 Å². The quantitative estimate of drug-likeness (QED) is 0.247. The molecule has 1 aromatic heterocycles. The van der Waals surface area contributed by atoms with Crippen molar-refractivity contribution in [3.05, 3.63) is 71.0 Å². The van der Waals surface area contributed by atoms with Gasteiger partial charge in [-0.05, 0) is 43.4 Å². The van der Waals surface area contributed by atoms with Crippen molar-refractivity contribution in [1.29, 1.82) is 0 Å². The van der Waals surface area contributed by atoms with Crippen LogP contribution in [0.3, 0.4) is 0 Å². The number of anilines is 2. The normalized spacial score (nSPS) is 11.2. The van der Waals surface area contributed by atoms with Crippen molar-refractivity contribution in [2.45, 2.75) is 20.0 Å². The summed E-state index contributed by atoms with van der Waals surface area (Å²) in [5, 5.41) is 6.96. The van der Waals surface area contributed by atoms with Gasteiger partial charge in [-0.1, -0.05) is 31.5 Å². The predicted octanol–water partition coefficient (Wildman–Crippen LogP) is 6.27. The fourth-order valence-corrected chi connectivity index (χ4v) is 3.90. The monoisotopic (exact) mass is 579 g/mol. The van der Waals surface area contributed by atoms with Gasteiger partial charge in [0.25, 0.3) is 5.91 Å². The first-order chi connectivity index (χ1) is 19.0. The summed E-state index contributed by atoms with van der Waals surface area (Å²) in [6, 6.07) is 10.5. The van der Waals surface area contributed by atoms with E-state index < -0.39 is 35.1 Å². The molecule has 0 saturated heterocycles. The van der Waals surface area contributed by atoms with E-state index in [1.165, 1.54) is 37.5 Å². The molecule has 0 radical (unpaired) electrons. The van der Waals surface area contributed by atoms with Gasteiger partial charge in [0.15, 0.2) is 5.75 Å². The summed E-state index contributed by atoms with van der Waals surface area (Å²) < 4.78 is 53.4. The van der Waals surface area contributed by atoms with E-state index in [-0.39, 0.29) is 23.0 Å². The standard InChI is InChI=1S/C27H29ClF3N5O4/c1-4-36(5-2)13-14-39-24-20(28)9-10-21(23(24)27(29,30)31)35-26(38)34-17-7-6-8-18(15-17)40-19-11-12-33-22(16-19)25(37)32-3/h6-12,15-16H,4-5,13-14H2,1-3H3,(H,32,37)(H2,34,35,38). The van der Waals surface area contributed by atoms with Crippen molar-refractivity contribution in [2.75, 3.05) is 43.9 Å². The third-order valence-corrected chi connectivity index (χ3v) is 6.01. The highest BCUT2D eigenvalue weighted by atomic mass is 35.5. The fraction of sp³-hybridized carbons (Fsp3) is 0.296. The van der Waals surface area contributed by atoms with E-state index in [4.69, 9.17) is 21.1 Å². The first-order valence-electron chi connectivity index (χ1n) is 12.3. The van der Waals surface area contributed by atoms with Gasteiger partial charge in [0.2, 0.25) is 0 Å². The molecule has 3 N–H and O–H groups in total. The maximum absolute atomic E-state index is 14.1. The Morgan fingerprint density at radius 3 is 2.42 bits per heavy atom. The number of aromatic nitrogens is 1. The molecular formula is C27H29ClF3N5O4. The Kier molecular flexibility index (Phi) is 10.6. The molecule has 0 aliphatic rings. The Morgan fingerprint density at radius 2 is 1.75 bits per heavy atom. The molecule has 40 heavy (non-hydrogen) atoms. The minimum atomic E-state index is -4.86. The molecule has 214 valence electrons. The molecule has 1 heterocycles. The largest absolute Gasteiger partial charge is 0.490 e. The molecule has 0 fully saturated rings. The highest BCUT2D eigenvalue weighted by molar-refractivity contribution is 6.32. The number of rotatable bonds is 11. The van der Waals surface area contributed by atoms with Crippen LogP contribution in [0.15, 0.2) is 54.7 Å². The average molecular weight is 580 g/mol. The SMILES string of the molecule is CCN(CC)CCOc1c(Cl)ccc(NC(=O)Nc2cccc(Oc3ccnc(C(=O)NC)c3)c2)c1C(F)(F)F. The van der Waals surface area contributed by atoms with Crippen molar-refractivity contribution in [2.24, 2.45) is 0 Å². The zero-order valence-corrected chi connectivity index (χ0v) is 22.8. The number of ether oxygens (including phenoxy) is 2. The third-order valence-electron chi connectivity index (χ3n) is 5.71. The third kappa shape index (κ3) is 8.23. The molecule has 13 heteroatoms. The molecular weight excluding hydrogens is 551 g/mol. The van der Waals surface area contributed by atoms with E-state index in [2.05, 4.69) is 20.9 Å². The summed E-state index contributed by atoms with van der Waals surface area (Å²) in [7, 11) is 1.47. The van der Waals surface area contributed by atoms with Gasteiger partial charge in [-0.2, -0.15) is 13.2 Å². The molecule has 0 bridgehead atoms. The van der Waals surface area contributed by atoms with Crippen LogP contribution in [0, 0.1) is 0 Å². The zero-order chi connectivity index (χ0) is 29.3. The van der Waals surface area contributed by atoms with Gasteiger partial charge in [0.1, 0.15) is 29.4 Å². The lowest BCUT2D eigenvalue weighted by molar-refractivity contribution is -0.138. The van der Waals surface area contributed by atoms with Crippen molar-refractivity contribution in [1.82, 2.24) is 15.2 Å². The van der Waals surface area contributed by atoms with Crippen LogP contribution in [-0.4, -0.2) is 55.1 Å². The Balaban J connectivity index is 1.75. The number of hydrogen-bond donors (Lipinski definition) is 3. The van der Waals surface area contributed by atoms with Gasteiger partial charge in [-0.3, -0.25) is 9.78 Å². The van der Waals surface area contributed by atoms with Crippen LogP contribution < -0.4 is 25.4 Å². The molecule has 9 nitrogen and oxygen atoms in total. The molecule has 0 aliphatic heterocycles. The van der Waals surface area contributed by atoms with Gasteiger partial charge in [0.05, 0.1) is 10.7 Å². The fourth-order valence-electron chi connectivity index (χ4n) is 3.69. The molecule has 0 saturated carbocycles. The number of pyridine rings is 1. The number of likely N-dealkylation sites (N-methyl/N-ethyl adjacent to an activating group) is 1. The van der Waals surface area contributed by atoms with Crippen LogP contribution in [-0.2, 0) is 6.18 Å². The number of amides is 3. The Hall–Kier alpha value is -4.03. The smallest absolute Gasteiger partial charge is 0.422 e. The molecule has 3 rings (SSSR count). The van der Waals surface area contributed by atoms with Crippen LogP contribution in [0.4, 0.5) is 29.3 Å². The number of hydrogen-bond acceptors (Lipinski definition) is 6. The van der Waals surface area contributed by atoms with Crippen LogP contribution >= 0.6 is 11.6 Å². The second kappa shape index (κ2) is 13.9. The molecule has 0 unspecified atom stereocenters. The number of nitrogens with zero attached hydrogens (tertiary/aromatic N) is 2. The van der Waals surface area contributed by atoms with Gasteiger partial charge in [-0.15, -0.1) is 0 Å². The lowest BCUT2D eigenvalue weighted by atomic mass is 10.1. The second-order valence-electron chi connectivity index (χ2n) is 8.34. The first-order valence-corrected chi connectivity index (χ1v) is 12.7. The minimum absolute atomic E-state index is 0.0188. The van der Waals surface area contributed by atoms with Gasteiger partial charge >= 0.3 is 12.2 Å². The maximum Gasteiger partial charge on any atom is 0.422 e. The summed E-state index contributed by atoms with van der Waals surface area (Å²) in [6.45, 7) is 5.69. The van der Waals surface area contributed by atoms with Crippen molar-refractivity contribution in [3.8, 4) is 17.2 Å². The minimum Gasteiger partial charge on any atom is -0.490 e. The van der Waals surface area contributed by atoms with E-state index >= 15 is 0 Å². The highest BCUT2D eigenvalue weighted by Gasteiger charge is 2.39. The highest BCUT2D eigenvalue weighted by Crippen LogP contribution is 2.45. The number of nitrogens with one attached hydrogen (secondary N) is 3. The summed E-state index contributed by atoms with van der Waals surface area (Å²) in [4.78, 5) is 30.4. The summed E-state index contributed by atoms with van der Waals surface area (Å²) >= 11 is 6.07. The average Bonchev–Trinajstić information content (AvgIpc) is 2.91. The number of carbonyl (C=O) groups is 2. The maximum atomic E-state index is 14.1. The summed E-state index contributed by atoms with van der Waals surface area (Å²) in [5.74, 6) is -0.323. The zero-order valence-electron chi connectivity index (χ0n) is 22.1. The molecule has 0 spiro atoms. The van der Waals surface area contributed by atoms with Crippen molar-refractivity contribution in [3.63, 3.8) is 0 Å². The van der Waals surface area contributed by atoms with E-state index in [0.717, 1.165) is 6.07 Å². The van der Waals surface area contributed by atoms with E-state index in [0.29, 0.717) is 31.1 Å². The van der Waals surface area contributed by atoms with Gasteiger partial charge < -0.3 is 30.3 Å². The van der Waals surface area contributed by atoms with E-state index in [9.17, 15) is 22.8 Å².